The van der Waals surface area contributed by atoms with Crippen molar-refractivity contribution in [2.75, 3.05) is 6.54 Å². The molecule has 1 atom stereocenters. The van der Waals surface area contributed by atoms with Crippen molar-refractivity contribution in [2.24, 2.45) is 7.05 Å². The maximum Gasteiger partial charge on any atom is 0.0596 e. The molecular weight excluding hydrogens is 314 g/mol. The number of likely N-dealkylation sites (N-methyl/N-ethyl adjacent to an activating group) is 1. The van der Waals surface area contributed by atoms with Gasteiger partial charge in [-0.3, -0.25) is 4.68 Å². The molecule has 0 aliphatic rings. The third-order valence-corrected chi connectivity index (χ3v) is 4.21. The standard InChI is InChI=1S/C16H22BrN3/c1-5-18-16(10-13-9-12(3)19-20(13)4)14-8-11(2)6-7-15(14)17/h6-9,16,18H,5,10H2,1-4H3. The molecule has 1 N–H and O–H groups in total. The quantitative estimate of drug-likeness (QED) is 0.902. The van der Waals surface area contributed by atoms with Crippen molar-refractivity contribution < 1.29 is 0 Å². The average Bonchev–Trinajstić information content (AvgIpc) is 2.70. The molecule has 0 aliphatic heterocycles. The predicted octanol–water partition coefficient (Wildman–Crippen LogP) is 3.69. The van der Waals surface area contributed by atoms with Gasteiger partial charge in [0.05, 0.1) is 5.69 Å². The molecule has 2 aromatic rings. The molecule has 1 heterocycles. The summed E-state index contributed by atoms with van der Waals surface area (Å²) in [5.41, 5.74) is 4.92. The van der Waals surface area contributed by atoms with E-state index in [0.29, 0.717) is 6.04 Å². The van der Waals surface area contributed by atoms with Crippen molar-refractivity contribution in [3.8, 4) is 0 Å². The summed E-state index contributed by atoms with van der Waals surface area (Å²) in [6, 6.07) is 8.97. The SMILES string of the molecule is CCNC(Cc1cc(C)nn1C)c1cc(C)ccc1Br. The van der Waals surface area contributed by atoms with E-state index in [0.717, 1.165) is 23.1 Å². The molecule has 20 heavy (non-hydrogen) atoms. The summed E-state index contributed by atoms with van der Waals surface area (Å²) in [6.45, 7) is 7.26. The Morgan fingerprint density at radius 1 is 1.30 bits per heavy atom. The van der Waals surface area contributed by atoms with Crippen molar-refractivity contribution in [3.05, 3.63) is 51.3 Å². The van der Waals surface area contributed by atoms with Crippen LogP contribution < -0.4 is 5.32 Å². The van der Waals surface area contributed by atoms with Gasteiger partial charge in [0.2, 0.25) is 0 Å². The van der Waals surface area contributed by atoms with E-state index < -0.39 is 0 Å². The van der Waals surface area contributed by atoms with Gasteiger partial charge in [-0.25, -0.2) is 0 Å². The number of hydrogen-bond donors (Lipinski definition) is 1. The number of hydrogen-bond acceptors (Lipinski definition) is 2. The topological polar surface area (TPSA) is 29.9 Å². The Hall–Kier alpha value is -1.13. The predicted molar refractivity (Wildman–Crippen MR) is 86.9 cm³/mol. The van der Waals surface area contributed by atoms with Gasteiger partial charge < -0.3 is 5.32 Å². The molecule has 3 nitrogen and oxygen atoms in total. The zero-order chi connectivity index (χ0) is 14.7. The van der Waals surface area contributed by atoms with Crippen LogP contribution in [0.2, 0.25) is 0 Å². The van der Waals surface area contributed by atoms with Crippen molar-refractivity contribution in [1.29, 1.82) is 0 Å². The first-order valence-electron chi connectivity index (χ1n) is 7.00. The Bertz CT molecular complexity index is 589. The molecule has 1 aromatic carbocycles. The molecule has 0 saturated carbocycles. The number of halogens is 1. The van der Waals surface area contributed by atoms with Gasteiger partial charge in [0.25, 0.3) is 0 Å². The molecule has 0 saturated heterocycles. The smallest absolute Gasteiger partial charge is 0.0596 e. The van der Waals surface area contributed by atoms with Gasteiger partial charge in [-0.05, 0) is 38.1 Å². The van der Waals surface area contributed by atoms with E-state index in [1.807, 2.05) is 18.7 Å². The van der Waals surface area contributed by atoms with E-state index in [4.69, 9.17) is 0 Å². The third kappa shape index (κ3) is 3.49. The maximum atomic E-state index is 4.44. The Balaban J connectivity index is 2.31. The van der Waals surface area contributed by atoms with Crippen LogP contribution in [0, 0.1) is 13.8 Å². The number of benzene rings is 1. The lowest BCUT2D eigenvalue weighted by Crippen LogP contribution is -2.24. The lowest BCUT2D eigenvalue weighted by molar-refractivity contribution is 0.527. The van der Waals surface area contributed by atoms with E-state index in [1.165, 1.54) is 16.8 Å². The van der Waals surface area contributed by atoms with Crippen molar-refractivity contribution in [3.63, 3.8) is 0 Å². The number of rotatable bonds is 5. The first-order valence-corrected chi connectivity index (χ1v) is 7.79. The van der Waals surface area contributed by atoms with Gasteiger partial charge in [-0.2, -0.15) is 5.10 Å². The minimum absolute atomic E-state index is 0.295. The molecule has 0 amide bonds. The van der Waals surface area contributed by atoms with Crippen LogP contribution in [0.5, 0.6) is 0 Å². The molecule has 0 spiro atoms. The highest BCUT2D eigenvalue weighted by atomic mass is 79.9. The first-order chi connectivity index (χ1) is 9.51. The van der Waals surface area contributed by atoms with Crippen molar-refractivity contribution in [1.82, 2.24) is 15.1 Å². The fraction of sp³-hybridized carbons (Fsp3) is 0.438. The van der Waals surface area contributed by atoms with Crippen LogP contribution >= 0.6 is 15.9 Å². The van der Waals surface area contributed by atoms with E-state index in [1.54, 1.807) is 0 Å². The Morgan fingerprint density at radius 3 is 2.65 bits per heavy atom. The molecule has 0 fully saturated rings. The largest absolute Gasteiger partial charge is 0.310 e. The fourth-order valence-electron chi connectivity index (χ4n) is 2.53. The Labute approximate surface area is 129 Å². The van der Waals surface area contributed by atoms with Gasteiger partial charge in [0.1, 0.15) is 0 Å². The second-order valence-electron chi connectivity index (χ2n) is 5.24. The number of aromatic nitrogens is 2. The molecule has 4 heteroatoms. The second kappa shape index (κ2) is 6.55. The van der Waals surface area contributed by atoms with Crippen LogP contribution in [0.25, 0.3) is 0 Å². The van der Waals surface area contributed by atoms with Crippen LogP contribution in [0.1, 0.15) is 35.5 Å². The minimum atomic E-state index is 0.295. The number of nitrogens with one attached hydrogen (secondary N) is 1. The lowest BCUT2D eigenvalue weighted by Gasteiger charge is -2.20. The summed E-state index contributed by atoms with van der Waals surface area (Å²) in [6.07, 6.45) is 0.938. The molecule has 0 radical (unpaired) electrons. The highest BCUT2D eigenvalue weighted by Gasteiger charge is 2.16. The van der Waals surface area contributed by atoms with Crippen molar-refractivity contribution >= 4 is 15.9 Å². The molecule has 108 valence electrons. The van der Waals surface area contributed by atoms with E-state index >= 15 is 0 Å². The van der Waals surface area contributed by atoms with Crippen LogP contribution in [0.4, 0.5) is 0 Å². The average molecular weight is 336 g/mol. The van der Waals surface area contributed by atoms with Gasteiger partial charge in [0.15, 0.2) is 0 Å². The summed E-state index contributed by atoms with van der Waals surface area (Å²) >= 11 is 3.68. The molecule has 1 unspecified atom stereocenters. The monoisotopic (exact) mass is 335 g/mol. The number of aryl methyl sites for hydroxylation is 3. The zero-order valence-corrected chi connectivity index (χ0v) is 14.2. The van der Waals surface area contributed by atoms with E-state index in [-0.39, 0.29) is 0 Å². The minimum Gasteiger partial charge on any atom is -0.310 e. The summed E-state index contributed by atoms with van der Waals surface area (Å²) in [4.78, 5) is 0. The summed E-state index contributed by atoms with van der Waals surface area (Å²) in [5, 5.41) is 8.02. The number of nitrogens with zero attached hydrogens (tertiary/aromatic N) is 2. The summed E-state index contributed by atoms with van der Waals surface area (Å²) in [5.74, 6) is 0. The van der Waals surface area contributed by atoms with Crippen LogP contribution in [-0.2, 0) is 13.5 Å². The molecule has 1 aromatic heterocycles. The normalized spacial score (nSPS) is 12.7. The maximum absolute atomic E-state index is 4.44. The Kier molecular flexibility index (Phi) is 5.00. The lowest BCUT2D eigenvalue weighted by atomic mass is 10.00. The zero-order valence-electron chi connectivity index (χ0n) is 12.6. The van der Waals surface area contributed by atoms with Crippen LogP contribution in [0.3, 0.4) is 0 Å². The van der Waals surface area contributed by atoms with Gasteiger partial charge in [-0.15, -0.1) is 0 Å². The van der Waals surface area contributed by atoms with Crippen LogP contribution in [-0.4, -0.2) is 16.3 Å². The van der Waals surface area contributed by atoms with E-state index in [2.05, 4.69) is 64.5 Å². The summed E-state index contributed by atoms with van der Waals surface area (Å²) in [7, 11) is 2.01. The van der Waals surface area contributed by atoms with Crippen molar-refractivity contribution in [2.45, 2.75) is 33.2 Å². The fourth-order valence-corrected chi connectivity index (χ4v) is 3.06. The van der Waals surface area contributed by atoms with Crippen LogP contribution in [0.15, 0.2) is 28.7 Å². The van der Waals surface area contributed by atoms with E-state index in [9.17, 15) is 0 Å². The molecular formula is C16H22BrN3. The third-order valence-electron chi connectivity index (χ3n) is 3.49. The molecule has 0 bridgehead atoms. The highest BCUT2D eigenvalue weighted by Crippen LogP contribution is 2.27. The van der Waals surface area contributed by atoms with Gasteiger partial charge >= 0.3 is 0 Å². The molecule has 2 rings (SSSR count). The highest BCUT2D eigenvalue weighted by molar-refractivity contribution is 9.10. The second-order valence-corrected chi connectivity index (χ2v) is 6.09. The van der Waals surface area contributed by atoms with Gasteiger partial charge in [-0.1, -0.05) is 40.5 Å². The van der Waals surface area contributed by atoms with Gasteiger partial charge in [0, 0.05) is 29.7 Å². The molecule has 0 aliphatic carbocycles. The summed E-state index contributed by atoms with van der Waals surface area (Å²) < 4.78 is 3.14. The Morgan fingerprint density at radius 2 is 2.05 bits per heavy atom. The first kappa shape index (κ1) is 15.3.